The number of hydrogen-bond acceptors (Lipinski definition) is 4. The van der Waals surface area contributed by atoms with Crippen LogP contribution in [0.2, 0.25) is 0 Å². The van der Waals surface area contributed by atoms with Gasteiger partial charge in [0.25, 0.3) is 5.01 Å². The molecule has 1 aromatic heterocycles. The van der Waals surface area contributed by atoms with Crippen LogP contribution in [-0.2, 0) is 11.8 Å². The van der Waals surface area contributed by atoms with Crippen molar-refractivity contribution in [3.05, 3.63) is 95.0 Å². The van der Waals surface area contributed by atoms with Crippen LogP contribution in [-0.4, -0.2) is 17.6 Å². The number of aryl methyl sites for hydroxylation is 1. The lowest BCUT2D eigenvalue weighted by atomic mass is 10.2. The summed E-state index contributed by atoms with van der Waals surface area (Å²) < 4.78 is 3.51. The van der Waals surface area contributed by atoms with Gasteiger partial charge >= 0.3 is 5.97 Å². The summed E-state index contributed by atoms with van der Waals surface area (Å²) in [7, 11) is 2.10. The molecule has 4 nitrogen and oxygen atoms in total. The zero-order chi connectivity index (χ0) is 23.8. The van der Waals surface area contributed by atoms with Gasteiger partial charge in [0, 0.05) is 30.0 Å². The second kappa shape index (κ2) is 11.9. The topological polar surface area (TPSA) is 44.4 Å². The quantitative estimate of drug-likeness (QED) is 0.190. The summed E-state index contributed by atoms with van der Waals surface area (Å²) in [6.45, 7) is 0.897. The minimum atomic E-state index is -0.714. The molecular formula is C28H29N2O2S2+. The van der Waals surface area contributed by atoms with Crippen molar-refractivity contribution in [1.29, 1.82) is 0 Å². The predicted octanol–water partition coefficient (Wildman–Crippen LogP) is 6.95. The van der Waals surface area contributed by atoms with E-state index < -0.39 is 5.97 Å². The van der Waals surface area contributed by atoms with Gasteiger partial charge in [-0.05, 0) is 37.1 Å². The summed E-state index contributed by atoms with van der Waals surface area (Å²) in [6.07, 6.45) is 17.5. The minimum Gasteiger partial charge on any atom is -0.481 e. The highest BCUT2D eigenvalue weighted by Crippen LogP contribution is 2.45. The Morgan fingerprint density at radius 2 is 1.74 bits per heavy atom. The van der Waals surface area contributed by atoms with Crippen molar-refractivity contribution in [1.82, 2.24) is 0 Å². The van der Waals surface area contributed by atoms with Gasteiger partial charge in [0.1, 0.15) is 11.7 Å². The summed E-state index contributed by atoms with van der Waals surface area (Å²) in [4.78, 5) is 14.3. The van der Waals surface area contributed by atoms with E-state index in [1.807, 2.05) is 6.08 Å². The van der Waals surface area contributed by atoms with Crippen molar-refractivity contribution in [2.24, 2.45) is 7.05 Å². The lowest BCUT2D eigenvalue weighted by molar-refractivity contribution is -0.642. The number of unbranched alkanes of at least 4 members (excludes halogenated alkanes) is 2. The minimum absolute atomic E-state index is 0.249. The molecule has 0 atom stereocenters. The number of aromatic nitrogens is 1. The molecule has 174 valence electrons. The number of anilines is 1. The summed E-state index contributed by atoms with van der Waals surface area (Å²) in [6, 6.07) is 16.9. The highest BCUT2D eigenvalue weighted by molar-refractivity contribution is 8.03. The van der Waals surface area contributed by atoms with E-state index >= 15 is 0 Å². The van der Waals surface area contributed by atoms with Gasteiger partial charge in [-0.1, -0.05) is 84.2 Å². The number of rotatable bonds is 10. The number of fused-ring (bicyclic) bond motifs is 2. The molecule has 0 saturated carbocycles. The smallest absolute Gasteiger partial charge is 0.303 e. The zero-order valence-corrected chi connectivity index (χ0v) is 20.9. The number of allylic oxidation sites excluding steroid dienone is 6. The molecule has 0 spiro atoms. The lowest BCUT2D eigenvalue weighted by Gasteiger charge is -2.20. The Bertz CT molecular complexity index is 1270. The van der Waals surface area contributed by atoms with Gasteiger partial charge in [-0.3, -0.25) is 4.79 Å². The summed E-state index contributed by atoms with van der Waals surface area (Å²) in [5.41, 5.74) is 2.49. The third-order valence-corrected chi connectivity index (χ3v) is 7.92. The Labute approximate surface area is 209 Å². The number of carbonyl (C=O) groups is 1. The largest absolute Gasteiger partial charge is 0.481 e. The van der Waals surface area contributed by atoms with Gasteiger partial charge in [0.2, 0.25) is 5.52 Å². The molecule has 0 saturated heterocycles. The van der Waals surface area contributed by atoms with Crippen LogP contribution in [0.1, 0.15) is 30.7 Å². The zero-order valence-electron chi connectivity index (χ0n) is 19.3. The first-order valence-corrected chi connectivity index (χ1v) is 13.1. The van der Waals surface area contributed by atoms with Crippen LogP contribution in [0.4, 0.5) is 5.69 Å². The number of benzene rings is 2. The Morgan fingerprint density at radius 3 is 2.59 bits per heavy atom. The van der Waals surface area contributed by atoms with Gasteiger partial charge in [-0.25, -0.2) is 0 Å². The molecule has 0 fully saturated rings. The molecule has 0 aliphatic carbocycles. The van der Waals surface area contributed by atoms with Gasteiger partial charge in [-0.15, -0.1) is 0 Å². The molecule has 2 aromatic carbocycles. The van der Waals surface area contributed by atoms with Crippen LogP contribution in [0, 0.1) is 0 Å². The third kappa shape index (κ3) is 6.07. The first-order valence-electron chi connectivity index (χ1n) is 11.5. The Balaban J connectivity index is 1.35. The molecule has 34 heavy (non-hydrogen) atoms. The molecule has 2 heterocycles. The van der Waals surface area contributed by atoms with Crippen LogP contribution < -0.4 is 9.47 Å². The van der Waals surface area contributed by atoms with E-state index in [9.17, 15) is 4.79 Å². The monoisotopic (exact) mass is 489 g/mol. The second-order valence-electron chi connectivity index (χ2n) is 8.03. The molecule has 0 unspecified atom stereocenters. The molecule has 4 rings (SSSR count). The maximum atomic E-state index is 10.7. The first-order chi connectivity index (χ1) is 16.6. The number of para-hydroxylation sites is 2. The number of aliphatic carboxylic acids is 1. The first kappa shape index (κ1) is 24.0. The van der Waals surface area contributed by atoms with Crippen LogP contribution in [0.25, 0.3) is 16.3 Å². The Hall–Kier alpha value is -3.09. The maximum Gasteiger partial charge on any atom is 0.303 e. The van der Waals surface area contributed by atoms with E-state index in [0.717, 1.165) is 25.8 Å². The van der Waals surface area contributed by atoms with Gasteiger partial charge in [0.15, 0.2) is 0 Å². The molecule has 3 aromatic rings. The van der Waals surface area contributed by atoms with Gasteiger partial charge in [0.05, 0.1) is 10.7 Å². The fraction of sp³-hybridized carbons (Fsp3) is 0.214. The van der Waals surface area contributed by atoms with Gasteiger partial charge in [-0.2, -0.15) is 4.57 Å². The van der Waals surface area contributed by atoms with Crippen molar-refractivity contribution < 1.29 is 14.5 Å². The lowest BCUT2D eigenvalue weighted by Crippen LogP contribution is -2.28. The fourth-order valence-corrected chi connectivity index (χ4v) is 6.03. The van der Waals surface area contributed by atoms with E-state index in [-0.39, 0.29) is 6.42 Å². The van der Waals surface area contributed by atoms with E-state index in [0.29, 0.717) is 0 Å². The maximum absolute atomic E-state index is 10.7. The van der Waals surface area contributed by atoms with Crippen LogP contribution in [0.15, 0.2) is 94.9 Å². The van der Waals surface area contributed by atoms with Crippen LogP contribution in [0.5, 0.6) is 0 Å². The standard InChI is InChI=1S/C28H28N2O2S2/c1-29-22-14-9-11-16-24(22)33-26(29)18-6-3-2-4-7-19-27-30(21-13-5-8-20-28(31)32)23-15-10-12-17-25(23)34-27/h2-4,6-7,9-12,14-19H,5,8,13,20-21H2,1H3/p+1. The van der Waals surface area contributed by atoms with Crippen molar-refractivity contribution >= 4 is 51.0 Å². The van der Waals surface area contributed by atoms with E-state index in [2.05, 4.69) is 102 Å². The molecule has 1 aliphatic heterocycles. The number of thioether (sulfide) groups is 1. The molecule has 1 aliphatic rings. The van der Waals surface area contributed by atoms with Crippen molar-refractivity contribution in [3.63, 3.8) is 0 Å². The number of carboxylic acid groups (broad SMARTS) is 1. The summed E-state index contributed by atoms with van der Waals surface area (Å²) in [5, 5.41) is 11.3. The molecule has 0 bridgehead atoms. The van der Waals surface area contributed by atoms with Crippen molar-refractivity contribution in [2.45, 2.75) is 30.6 Å². The number of nitrogens with zero attached hydrogens (tertiary/aromatic N) is 2. The Morgan fingerprint density at radius 1 is 0.971 bits per heavy atom. The highest BCUT2D eigenvalue weighted by Gasteiger charge is 2.23. The highest BCUT2D eigenvalue weighted by atomic mass is 32.2. The molecule has 0 amide bonds. The van der Waals surface area contributed by atoms with Gasteiger partial charge < -0.3 is 10.0 Å². The molecule has 1 N–H and O–H groups in total. The number of carboxylic acids is 1. The number of thiazole rings is 1. The summed E-state index contributed by atoms with van der Waals surface area (Å²) >= 11 is 3.58. The number of hydrogen-bond donors (Lipinski definition) is 1. The molecular weight excluding hydrogens is 460 g/mol. The van der Waals surface area contributed by atoms with Crippen LogP contribution >= 0.6 is 23.1 Å². The molecule has 6 heteroatoms. The van der Waals surface area contributed by atoms with Crippen molar-refractivity contribution in [2.75, 3.05) is 11.4 Å². The average molecular weight is 490 g/mol. The second-order valence-corrected chi connectivity index (χ2v) is 10.2. The average Bonchev–Trinajstić information content (AvgIpc) is 3.35. The summed E-state index contributed by atoms with van der Waals surface area (Å²) in [5.74, 6) is -0.714. The Kier molecular flexibility index (Phi) is 8.39. The van der Waals surface area contributed by atoms with Crippen molar-refractivity contribution in [3.8, 4) is 0 Å². The SMILES string of the molecule is C[n+]1c(/C=C/C=C/C=C/C=C2\Sc3ccccc3N2CCCCCC(=O)O)sc2ccccc21. The third-order valence-electron chi connectivity index (χ3n) is 5.60. The van der Waals surface area contributed by atoms with Crippen LogP contribution in [0.3, 0.4) is 0 Å². The van der Waals surface area contributed by atoms with E-state index in [4.69, 9.17) is 5.11 Å². The molecule has 0 radical (unpaired) electrons. The van der Waals surface area contributed by atoms with E-state index in [1.165, 1.54) is 30.8 Å². The normalized spacial score (nSPS) is 15.0. The predicted molar refractivity (Wildman–Crippen MR) is 144 cm³/mol. The fourth-order valence-electron chi connectivity index (χ4n) is 3.86. The van der Waals surface area contributed by atoms with E-state index in [1.54, 1.807) is 23.1 Å².